The number of carbonyl (C=O) groups is 1. The van der Waals surface area contributed by atoms with Crippen LogP contribution in [-0.2, 0) is 21.4 Å². The number of benzene rings is 3. The van der Waals surface area contributed by atoms with Crippen LogP contribution in [0.3, 0.4) is 0 Å². The molecule has 0 saturated heterocycles. The topological polar surface area (TPSA) is 88.1 Å². The molecule has 1 amide bonds. The molecule has 0 saturated carbocycles. The van der Waals surface area contributed by atoms with Crippen LogP contribution < -0.4 is 10.2 Å². The Kier molecular flexibility index (Phi) is 8.75. The Hall–Kier alpha value is -3.27. The standard InChI is InChI=1S/C24H23ClFN3O4S/c1-2-33-23-6-4-3-5-19(23)15-27-28-24(30)17-29(16-18-7-11-21(26)12-8-18)34(31,32)22-13-9-20(25)10-14-22/h3-15H,2,16-17H2,1H3,(H,28,30)/b27-15+. The fraction of sp³-hybridized carbons (Fsp3) is 0.167. The summed E-state index contributed by atoms with van der Waals surface area (Å²) in [4.78, 5) is 12.6. The summed E-state index contributed by atoms with van der Waals surface area (Å²) in [6.07, 6.45) is 1.42. The average Bonchev–Trinajstić information content (AvgIpc) is 2.81. The number of halogens is 2. The molecule has 34 heavy (non-hydrogen) atoms. The van der Waals surface area contributed by atoms with E-state index in [4.69, 9.17) is 16.3 Å². The first kappa shape index (κ1) is 25.4. The van der Waals surface area contributed by atoms with Crippen molar-refractivity contribution in [1.82, 2.24) is 9.73 Å². The van der Waals surface area contributed by atoms with Gasteiger partial charge in [-0.3, -0.25) is 4.79 Å². The Balaban J connectivity index is 1.78. The summed E-state index contributed by atoms with van der Waals surface area (Å²) < 4.78 is 46.3. The van der Waals surface area contributed by atoms with Gasteiger partial charge < -0.3 is 4.74 Å². The fourth-order valence-corrected chi connectivity index (χ4v) is 4.53. The molecule has 0 aliphatic carbocycles. The van der Waals surface area contributed by atoms with E-state index >= 15 is 0 Å². The van der Waals surface area contributed by atoms with Crippen molar-refractivity contribution >= 4 is 33.7 Å². The maximum Gasteiger partial charge on any atom is 0.255 e. The van der Waals surface area contributed by atoms with Crippen molar-refractivity contribution in [3.63, 3.8) is 0 Å². The number of hydrogen-bond acceptors (Lipinski definition) is 5. The molecule has 3 aromatic carbocycles. The van der Waals surface area contributed by atoms with Gasteiger partial charge >= 0.3 is 0 Å². The lowest BCUT2D eigenvalue weighted by molar-refractivity contribution is -0.121. The Morgan fingerprint density at radius 1 is 1.09 bits per heavy atom. The zero-order valence-electron chi connectivity index (χ0n) is 18.3. The normalized spacial score (nSPS) is 11.6. The second-order valence-electron chi connectivity index (χ2n) is 7.12. The Bertz CT molecular complexity index is 1250. The van der Waals surface area contributed by atoms with Crippen LogP contribution in [0.4, 0.5) is 4.39 Å². The lowest BCUT2D eigenvalue weighted by atomic mass is 10.2. The van der Waals surface area contributed by atoms with Crippen LogP contribution in [0, 0.1) is 5.82 Å². The van der Waals surface area contributed by atoms with Gasteiger partial charge in [0.05, 0.1) is 24.3 Å². The van der Waals surface area contributed by atoms with Crippen LogP contribution in [0.15, 0.2) is 82.8 Å². The van der Waals surface area contributed by atoms with Gasteiger partial charge in [0.15, 0.2) is 0 Å². The Morgan fingerprint density at radius 2 is 1.76 bits per heavy atom. The summed E-state index contributed by atoms with van der Waals surface area (Å²) in [5.74, 6) is -0.494. The van der Waals surface area contributed by atoms with E-state index in [1.807, 2.05) is 13.0 Å². The van der Waals surface area contributed by atoms with Gasteiger partial charge in [-0.25, -0.2) is 18.2 Å². The monoisotopic (exact) mass is 503 g/mol. The van der Waals surface area contributed by atoms with Gasteiger partial charge in [-0.05, 0) is 61.0 Å². The lowest BCUT2D eigenvalue weighted by Crippen LogP contribution is -2.39. The summed E-state index contributed by atoms with van der Waals surface area (Å²) in [6.45, 7) is 1.67. The molecule has 0 spiro atoms. The van der Waals surface area contributed by atoms with E-state index in [0.29, 0.717) is 28.5 Å². The number of hydrogen-bond donors (Lipinski definition) is 1. The second kappa shape index (κ2) is 11.7. The Morgan fingerprint density at radius 3 is 2.44 bits per heavy atom. The maximum atomic E-state index is 13.3. The molecule has 0 fully saturated rings. The molecule has 10 heteroatoms. The largest absolute Gasteiger partial charge is 0.493 e. The van der Waals surface area contributed by atoms with Crippen molar-refractivity contribution in [3.8, 4) is 5.75 Å². The highest BCUT2D eigenvalue weighted by molar-refractivity contribution is 7.89. The number of amides is 1. The minimum Gasteiger partial charge on any atom is -0.493 e. The summed E-state index contributed by atoms with van der Waals surface area (Å²) in [7, 11) is -4.06. The minimum atomic E-state index is -4.06. The van der Waals surface area contributed by atoms with Crippen molar-refractivity contribution in [3.05, 3.63) is 94.8 Å². The molecule has 1 N–H and O–H groups in total. The molecular weight excluding hydrogens is 481 g/mol. The Labute approximate surface area is 202 Å². The molecule has 0 aliphatic heterocycles. The predicted molar refractivity (Wildman–Crippen MR) is 129 cm³/mol. The molecule has 0 atom stereocenters. The van der Waals surface area contributed by atoms with E-state index in [9.17, 15) is 17.6 Å². The maximum absolute atomic E-state index is 13.3. The van der Waals surface area contributed by atoms with Crippen molar-refractivity contribution < 1.29 is 22.3 Å². The lowest BCUT2D eigenvalue weighted by Gasteiger charge is -2.21. The SMILES string of the molecule is CCOc1ccccc1/C=N/NC(=O)CN(Cc1ccc(F)cc1)S(=O)(=O)c1ccc(Cl)cc1. The number of sulfonamides is 1. The summed E-state index contributed by atoms with van der Waals surface area (Å²) >= 11 is 5.88. The molecule has 3 rings (SSSR count). The zero-order chi connectivity index (χ0) is 24.6. The molecular formula is C24H23ClFN3O4S. The summed E-state index contributed by atoms with van der Waals surface area (Å²) in [5.41, 5.74) is 3.52. The zero-order valence-corrected chi connectivity index (χ0v) is 19.9. The van der Waals surface area contributed by atoms with Crippen LogP contribution in [0.2, 0.25) is 5.02 Å². The smallest absolute Gasteiger partial charge is 0.255 e. The highest BCUT2D eigenvalue weighted by Gasteiger charge is 2.27. The molecule has 0 aromatic heterocycles. The van der Waals surface area contributed by atoms with E-state index in [2.05, 4.69) is 10.5 Å². The van der Waals surface area contributed by atoms with E-state index in [0.717, 1.165) is 4.31 Å². The number of rotatable bonds is 10. The van der Waals surface area contributed by atoms with E-state index in [1.165, 1.54) is 54.7 Å². The molecule has 3 aromatic rings. The van der Waals surface area contributed by atoms with Crippen LogP contribution >= 0.6 is 11.6 Å². The van der Waals surface area contributed by atoms with Crippen molar-refractivity contribution in [1.29, 1.82) is 0 Å². The number of hydrazone groups is 1. The predicted octanol–water partition coefficient (Wildman–Crippen LogP) is 4.22. The first-order chi connectivity index (χ1) is 16.3. The third-order valence-electron chi connectivity index (χ3n) is 4.66. The molecule has 0 bridgehead atoms. The first-order valence-corrected chi connectivity index (χ1v) is 12.2. The fourth-order valence-electron chi connectivity index (χ4n) is 3.02. The van der Waals surface area contributed by atoms with E-state index in [-0.39, 0.29) is 11.4 Å². The molecule has 0 heterocycles. The highest BCUT2D eigenvalue weighted by atomic mass is 35.5. The van der Waals surface area contributed by atoms with Gasteiger partial charge in [-0.1, -0.05) is 35.9 Å². The van der Waals surface area contributed by atoms with Gasteiger partial charge in [-0.2, -0.15) is 9.41 Å². The molecule has 178 valence electrons. The number of para-hydroxylation sites is 1. The van der Waals surface area contributed by atoms with Crippen molar-refractivity contribution in [2.24, 2.45) is 5.10 Å². The second-order valence-corrected chi connectivity index (χ2v) is 9.49. The number of carbonyl (C=O) groups excluding carboxylic acids is 1. The first-order valence-electron chi connectivity index (χ1n) is 10.3. The van der Waals surface area contributed by atoms with Gasteiger partial charge in [0.1, 0.15) is 11.6 Å². The highest BCUT2D eigenvalue weighted by Crippen LogP contribution is 2.21. The third-order valence-corrected chi connectivity index (χ3v) is 6.71. The van der Waals surface area contributed by atoms with Crippen molar-refractivity contribution in [2.45, 2.75) is 18.4 Å². The number of ether oxygens (including phenoxy) is 1. The van der Waals surface area contributed by atoms with Crippen molar-refractivity contribution in [2.75, 3.05) is 13.2 Å². The molecule has 0 aliphatic rings. The molecule has 0 unspecified atom stereocenters. The number of nitrogens with one attached hydrogen (secondary N) is 1. The van der Waals surface area contributed by atoms with Gasteiger partial charge in [0.2, 0.25) is 10.0 Å². The van der Waals surface area contributed by atoms with E-state index < -0.39 is 28.3 Å². The van der Waals surface area contributed by atoms with Gasteiger partial charge in [-0.15, -0.1) is 0 Å². The molecule has 7 nitrogen and oxygen atoms in total. The van der Waals surface area contributed by atoms with E-state index in [1.54, 1.807) is 18.2 Å². The van der Waals surface area contributed by atoms with Crippen LogP contribution in [0.25, 0.3) is 0 Å². The minimum absolute atomic E-state index is 0.0269. The molecule has 0 radical (unpaired) electrons. The van der Waals surface area contributed by atoms with Crippen LogP contribution in [0.1, 0.15) is 18.1 Å². The number of nitrogens with zero attached hydrogens (tertiary/aromatic N) is 2. The quantitative estimate of drug-likeness (QED) is 0.331. The van der Waals surface area contributed by atoms with Crippen LogP contribution in [-0.4, -0.2) is 38.0 Å². The van der Waals surface area contributed by atoms with Gasteiger partial charge in [0, 0.05) is 17.1 Å². The van der Waals surface area contributed by atoms with Gasteiger partial charge in [0.25, 0.3) is 5.91 Å². The summed E-state index contributed by atoms with van der Waals surface area (Å²) in [6, 6.07) is 18.1. The third kappa shape index (κ3) is 6.86. The van der Waals surface area contributed by atoms with Crippen LogP contribution in [0.5, 0.6) is 5.75 Å². The average molecular weight is 504 g/mol. The summed E-state index contributed by atoms with van der Waals surface area (Å²) in [5, 5.41) is 4.31.